The minimum atomic E-state index is -0.189. The van der Waals surface area contributed by atoms with Crippen molar-refractivity contribution in [3.8, 4) is 0 Å². The van der Waals surface area contributed by atoms with Gasteiger partial charge in [-0.2, -0.15) is 0 Å². The van der Waals surface area contributed by atoms with Crippen LogP contribution in [0.15, 0.2) is 22.7 Å². The molecular formula is C13H17BrFN. The third-order valence-electron chi connectivity index (χ3n) is 3.46. The monoisotopic (exact) mass is 285 g/mol. The second-order valence-electron chi connectivity index (χ2n) is 5.23. The van der Waals surface area contributed by atoms with Gasteiger partial charge in [-0.15, -0.1) is 0 Å². The average Bonchev–Trinajstić information content (AvgIpc) is 2.81. The Morgan fingerprint density at radius 1 is 1.50 bits per heavy atom. The largest absolute Gasteiger partial charge is 0.312 e. The smallest absolute Gasteiger partial charge is 0.137 e. The van der Waals surface area contributed by atoms with Crippen molar-refractivity contribution in [3.05, 3.63) is 34.1 Å². The first kappa shape index (κ1) is 12.1. The van der Waals surface area contributed by atoms with E-state index in [9.17, 15) is 4.39 Å². The minimum Gasteiger partial charge on any atom is -0.312 e. The van der Waals surface area contributed by atoms with Gasteiger partial charge in [0.05, 0.1) is 4.47 Å². The summed E-state index contributed by atoms with van der Waals surface area (Å²) in [6, 6.07) is 5.16. The van der Waals surface area contributed by atoms with Gasteiger partial charge in [0.15, 0.2) is 0 Å². The highest BCUT2D eigenvalue weighted by Crippen LogP contribution is 2.50. The van der Waals surface area contributed by atoms with Crippen LogP contribution in [0.5, 0.6) is 0 Å². The number of benzene rings is 1. The summed E-state index contributed by atoms with van der Waals surface area (Å²) < 4.78 is 13.8. The molecule has 0 saturated heterocycles. The van der Waals surface area contributed by atoms with E-state index in [-0.39, 0.29) is 5.82 Å². The van der Waals surface area contributed by atoms with Crippen LogP contribution in [-0.4, -0.2) is 6.54 Å². The molecule has 1 aliphatic rings. The molecule has 0 heterocycles. The Bertz CT molecular complexity index is 390. The SMILES string of the molecule is CC1(C)CC1CNCc1cccc(F)c1Br. The Morgan fingerprint density at radius 3 is 2.81 bits per heavy atom. The summed E-state index contributed by atoms with van der Waals surface area (Å²) in [5, 5.41) is 3.39. The van der Waals surface area contributed by atoms with Gasteiger partial charge >= 0.3 is 0 Å². The molecule has 1 aromatic rings. The molecule has 1 N–H and O–H groups in total. The number of hydrogen-bond acceptors (Lipinski definition) is 1. The molecule has 0 radical (unpaired) electrons. The van der Waals surface area contributed by atoms with Gasteiger partial charge in [-0.3, -0.25) is 0 Å². The van der Waals surface area contributed by atoms with E-state index in [0.717, 1.165) is 24.6 Å². The van der Waals surface area contributed by atoms with Crippen molar-refractivity contribution >= 4 is 15.9 Å². The third-order valence-corrected chi connectivity index (χ3v) is 4.34. The minimum absolute atomic E-state index is 0.189. The first-order chi connectivity index (χ1) is 7.50. The molecule has 2 rings (SSSR count). The van der Waals surface area contributed by atoms with Gasteiger partial charge in [0.2, 0.25) is 0 Å². The lowest BCUT2D eigenvalue weighted by molar-refractivity contribution is 0.518. The lowest BCUT2D eigenvalue weighted by atomic mass is 10.1. The van der Waals surface area contributed by atoms with Crippen LogP contribution >= 0.6 is 15.9 Å². The fraction of sp³-hybridized carbons (Fsp3) is 0.538. The van der Waals surface area contributed by atoms with Crippen molar-refractivity contribution in [2.45, 2.75) is 26.8 Å². The summed E-state index contributed by atoms with van der Waals surface area (Å²) in [5.41, 5.74) is 1.49. The predicted octanol–water partition coefficient (Wildman–Crippen LogP) is 3.72. The molecule has 0 spiro atoms. The maximum Gasteiger partial charge on any atom is 0.137 e. The second kappa shape index (κ2) is 4.46. The molecule has 0 bridgehead atoms. The number of nitrogens with one attached hydrogen (secondary N) is 1. The molecule has 1 saturated carbocycles. The first-order valence-corrected chi connectivity index (χ1v) is 6.43. The van der Waals surface area contributed by atoms with Crippen LogP contribution in [-0.2, 0) is 6.54 Å². The summed E-state index contributed by atoms with van der Waals surface area (Å²) in [6.07, 6.45) is 1.30. The highest BCUT2D eigenvalue weighted by molar-refractivity contribution is 9.10. The zero-order chi connectivity index (χ0) is 11.8. The Hall–Kier alpha value is -0.410. The zero-order valence-electron chi connectivity index (χ0n) is 9.69. The van der Waals surface area contributed by atoms with E-state index in [2.05, 4.69) is 35.1 Å². The van der Waals surface area contributed by atoms with Crippen molar-refractivity contribution in [1.29, 1.82) is 0 Å². The Labute approximate surface area is 105 Å². The first-order valence-electron chi connectivity index (χ1n) is 5.64. The van der Waals surface area contributed by atoms with Crippen LogP contribution in [0.4, 0.5) is 4.39 Å². The summed E-state index contributed by atoms with van der Waals surface area (Å²) in [6.45, 7) is 6.33. The molecule has 0 aliphatic heterocycles. The summed E-state index contributed by atoms with van der Waals surface area (Å²) in [5.74, 6) is 0.589. The lowest BCUT2D eigenvalue weighted by Crippen LogP contribution is -2.18. The normalized spacial score (nSPS) is 22.1. The molecule has 1 aliphatic carbocycles. The maximum absolute atomic E-state index is 13.2. The van der Waals surface area contributed by atoms with Crippen molar-refractivity contribution < 1.29 is 4.39 Å². The van der Waals surface area contributed by atoms with Crippen LogP contribution in [0.1, 0.15) is 25.8 Å². The molecule has 0 aromatic heterocycles. The Kier molecular flexibility index (Phi) is 3.36. The zero-order valence-corrected chi connectivity index (χ0v) is 11.3. The Morgan fingerprint density at radius 2 is 2.19 bits per heavy atom. The highest BCUT2D eigenvalue weighted by Gasteiger charge is 2.44. The topological polar surface area (TPSA) is 12.0 Å². The van der Waals surface area contributed by atoms with Crippen molar-refractivity contribution in [2.75, 3.05) is 6.54 Å². The van der Waals surface area contributed by atoms with Crippen LogP contribution < -0.4 is 5.32 Å². The molecule has 1 fully saturated rings. The van der Waals surface area contributed by atoms with Gasteiger partial charge in [0.25, 0.3) is 0 Å². The van der Waals surface area contributed by atoms with Crippen molar-refractivity contribution in [1.82, 2.24) is 5.32 Å². The van der Waals surface area contributed by atoms with Gasteiger partial charge in [-0.1, -0.05) is 26.0 Å². The van der Waals surface area contributed by atoms with E-state index in [1.807, 2.05) is 6.07 Å². The Balaban J connectivity index is 1.84. The van der Waals surface area contributed by atoms with Crippen LogP contribution in [0.25, 0.3) is 0 Å². The average molecular weight is 286 g/mol. The molecule has 1 aromatic carbocycles. The van der Waals surface area contributed by atoms with Crippen LogP contribution in [0, 0.1) is 17.2 Å². The molecule has 3 heteroatoms. The van der Waals surface area contributed by atoms with E-state index < -0.39 is 0 Å². The number of rotatable bonds is 4. The molecule has 1 atom stereocenters. The third kappa shape index (κ3) is 2.64. The summed E-state index contributed by atoms with van der Waals surface area (Å²) in [4.78, 5) is 0. The van der Waals surface area contributed by atoms with Crippen molar-refractivity contribution in [2.24, 2.45) is 11.3 Å². The van der Waals surface area contributed by atoms with Gasteiger partial charge in [0.1, 0.15) is 5.82 Å². The fourth-order valence-electron chi connectivity index (χ4n) is 1.99. The molecule has 0 amide bonds. The van der Waals surface area contributed by atoms with Crippen LogP contribution in [0.2, 0.25) is 0 Å². The van der Waals surface area contributed by atoms with E-state index >= 15 is 0 Å². The molecular weight excluding hydrogens is 269 g/mol. The van der Waals surface area contributed by atoms with Crippen LogP contribution in [0.3, 0.4) is 0 Å². The van der Waals surface area contributed by atoms with Crippen molar-refractivity contribution in [3.63, 3.8) is 0 Å². The van der Waals surface area contributed by atoms with Gasteiger partial charge in [-0.25, -0.2) is 4.39 Å². The number of hydrogen-bond donors (Lipinski definition) is 1. The second-order valence-corrected chi connectivity index (χ2v) is 6.03. The van der Waals surface area contributed by atoms with E-state index in [4.69, 9.17) is 0 Å². The number of halogens is 2. The van der Waals surface area contributed by atoms with Gasteiger partial charge in [-0.05, 0) is 51.9 Å². The molecule has 1 nitrogen and oxygen atoms in total. The molecule has 16 heavy (non-hydrogen) atoms. The van der Waals surface area contributed by atoms with E-state index in [1.54, 1.807) is 6.07 Å². The standard InChI is InChI=1S/C13H17BrFN/c1-13(2)6-10(13)8-16-7-9-4-3-5-11(15)12(9)14/h3-5,10,16H,6-8H2,1-2H3. The lowest BCUT2D eigenvalue weighted by Gasteiger charge is -2.08. The van der Waals surface area contributed by atoms with E-state index in [0.29, 0.717) is 9.89 Å². The van der Waals surface area contributed by atoms with E-state index in [1.165, 1.54) is 12.5 Å². The maximum atomic E-state index is 13.2. The van der Waals surface area contributed by atoms with Gasteiger partial charge in [0, 0.05) is 6.54 Å². The summed E-state index contributed by atoms with van der Waals surface area (Å²) in [7, 11) is 0. The quantitative estimate of drug-likeness (QED) is 0.889. The predicted molar refractivity (Wildman–Crippen MR) is 67.7 cm³/mol. The molecule has 1 unspecified atom stereocenters. The summed E-state index contributed by atoms with van der Waals surface area (Å²) >= 11 is 3.27. The highest BCUT2D eigenvalue weighted by atomic mass is 79.9. The van der Waals surface area contributed by atoms with Gasteiger partial charge < -0.3 is 5.32 Å². The molecule has 88 valence electrons. The fourth-order valence-corrected chi connectivity index (χ4v) is 2.40.